The van der Waals surface area contributed by atoms with Crippen LogP contribution in [0.15, 0.2) is 12.3 Å². The number of aromatic nitrogens is 7. The molecule has 6 rings (SSSR count). The van der Waals surface area contributed by atoms with Crippen LogP contribution in [0.3, 0.4) is 0 Å². The van der Waals surface area contributed by atoms with Crippen LogP contribution in [-0.4, -0.2) is 52.1 Å². The Kier molecular flexibility index (Phi) is 3.54. The monoisotopic (exact) mass is 407 g/mol. The first-order valence-electron chi connectivity index (χ1n) is 10.4. The molecule has 3 atom stereocenters. The maximum absolute atomic E-state index is 11.5. The normalized spacial score (nSPS) is 26.3. The molecular weight excluding hydrogens is 382 g/mol. The van der Waals surface area contributed by atoms with Gasteiger partial charge in [-0.1, -0.05) is 5.21 Å². The zero-order chi connectivity index (χ0) is 20.8. The van der Waals surface area contributed by atoms with Gasteiger partial charge in [0.2, 0.25) is 0 Å². The van der Waals surface area contributed by atoms with Gasteiger partial charge in [0.25, 0.3) is 0 Å². The summed E-state index contributed by atoms with van der Waals surface area (Å²) in [6, 6.07) is 2.17. The summed E-state index contributed by atoms with van der Waals surface area (Å²) in [7, 11) is 3.82. The third-order valence-corrected chi connectivity index (χ3v) is 6.88. The summed E-state index contributed by atoms with van der Waals surface area (Å²) in [5.74, 6) is 0.436. The van der Waals surface area contributed by atoms with Crippen molar-refractivity contribution in [2.45, 2.75) is 44.9 Å². The molecule has 0 saturated carbocycles. The summed E-state index contributed by atoms with van der Waals surface area (Å²) in [5.41, 5.74) is 6.20. The minimum absolute atomic E-state index is 0.243. The average molecular weight is 407 g/mol. The highest BCUT2D eigenvalue weighted by atomic mass is 16.5. The highest BCUT2D eigenvalue weighted by Crippen LogP contribution is 2.43. The van der Waals surface area contributed by atoms with Crippen molar-refractivity contribution >= 4 is 22.1 Å². The average Bonchev–Trinajstić information content (AvgIpc) is 3.34. The van der Waals surface area contributed by atoms with Crippen LogP contribution >= 0.6 is 0 Å². The molecule has 9 heteroatoms. The number of aliphatic hydroxyl groups is 1. The lowest BCUT2D eigenvalue weighted by Crippen LogP contribution is -2.45. The lowest BCUT2D eigenvalue weighted by molar-refractivity contribution is -0.138. The number of pyridine rings is 1. The smallest absolute Gasteiger partial charge is 0.134 e. The molecule has 0 radical (unpaired) electrons. The zero-order valence-electron chi connectivity index (χ0n) is 17.6. The first-order valence-corrected chi connectivity index (χ1v) is 10.4. The van der Waals surface area contributed by atoms with Crippen LogP contribution < -0.4 is 0 Å². The summed E-state index contributed by atoms with van der Waals surface area (Å²) in [6.07, 6.45) is 3.44. The van der Waals surface area contributed by atoms with Gasteiger partial charge in [-0.05, 0) is 38.7 Å². The minimum Gasteiger partial charge on any atom is -0.381 e. The van der Waals surface area contributed by atoms with Crippen molar-refractivity contribution in [2.24, 2.45) is 20.0 Å². The third kappa shape index (κ3) is 2.24. The number of fused-ring (bicyclic) bond motifs is 5. The largest absolute Gasteiger partial charge is 0.381 e. The van der Waals surface area contributed by atoms with Crippen LogP contribution in [0, 0.1) is 12.8 Å². The Morgan fingerprint density at radius 1 is 1.23 bits per heavy atom. The molecule has 0 spiro atoms. The van der Waals surface area contributed by atoms with Crippen LogP contribution in [0.25, 0.3) is 33.3 Å². The van der Waals surface area contributed by atoms with Gasteiger partial charge < -0.3 is 14.4 Å². The molecule has 2 bridgehead atoms. The summed E-state index contributed by atoms with van der Waals surface area (Å²) in [6.45, 7) is 5.32. The first kappa shape index (κ1) is 18.0. The second-order valence-corrected chi connectivity index (χ2v) is 8.92. The number of aryl methyl sites for hydroxylation is 3. The maximum atomic E-state index is 11.5. The lowest BCUT2D eigenvalue weighted by Gasteiger charge is -2.39. The molecule has 4 aromatic heterocycles. The predicted molar refractivity (Wildman–Crippen MR) is 111 cm³/mol. The molecule has 1 N–H and O–H groups in total. The quantitative estimate of drug-likeness (QED) is 0.519. The number of hydrogen-bond donors (Lipinski definition) is 1. The zero-order valence-corrected chi connectivity index (χ0v) is 17.6. The third-order valence-electron chi connectivity index (χ3n) is 6.88. The SMILES string of the molecule is Cc1nnn(C)c1-c1cnc2c3c4c(nn3C)C(C)(O)C3CC(CCO3)Cn4c2c1. The van der Waals surface area contributed by atoms with E-state index in [-0.39, 0.29) is 6.10 Å². The second kappa shape index (κ2) is 5.89. The topological polar surface area (TPSA) is 95.8 Å². The van der Waals surface area contributed by atoms with Gasteiger partial charge >= 0.3 is 0 Å². The van der Waals surface area contributed by atoms with Crippen molar-refractivity contribution in [1.29, 1.82) is 0 Å². The van der Waals surface area contributed by atoms with Crippen LogP contribution in [0.1, 0.15) is 31.2 Å². The van der Waals surface area contributed by atoms with E-state index < -0.39 is 5.60 Å². The molecular formula is C21H25N7O2. The summed E-state index contributed by atoms with van der Waals surface area (Å²) in [5, 5.41) is 24.6. The molecule has 3 unspecified atom stereocenters. The van der Waals surface area contributed by atoms with E-state index in [4.69, 9.17) is 14.8 Å². The van der Waals surface area contributed by atoms with Crippen LogP contribution in [-0.2, 0) is 31.0 Å². The molecule has 4 aromatic rings. The second-order valence-electron chi connectivity index (χ2n) is 8.92. The van der Waals surface area contributed by atoms with E-state index in [1.807, 2.05) is 38.8 Å². The Hall–Kier alpha value is -2.78. The van der Waals surface area contributed by atoms with Crippen molar-refractivity contribution in [1.82, 2.24) is 34.3 Å². The molecule has 0 aliphatic carbocycles. The molecule has 6 heterocycles. The van der Waals surface area contributed by atoms with Gasteiger partial charge in [0.1, 0.15) is 22.3 Å². The highest BCUT2D eigenvalue weighted by Gasteiger charge is 2.44. The Balaban J connectivity index is 1.69. The van der Waals surface area contributed by atoms with Crippen LogP contribution in [0.4, 0.5) is 0 Å². The molecule has 9 nitrogen and oxygen atoms in total. The number of hydrogen-bond acceptors (Lipinski definition) is 6. The van der Waals surface area contributed by atoms with E-state index in [2.05, 4.69) is 20.9 Å². The van der Waals surface area contributed by atoms with Gasteiger partial charge in [-0.15, -0.1) is 5.10 Å². The van der Waals surface area contributed by atoms with E-state index in [0.29, 0.717) is 18.2 Å². The molecule has 2 aliphatic rings. The Morgan fingerprint density at radius 2 is 2.07 bits per heavy atom. The molecule has 1 saturated heterocycles. The molecule has 2 aliphatic heterocycles. The molecule has 30 heavy (non-hydrogen) atoms. The Morgan fingerprint density at radius 3 is 2.83 bits per heavy atom. The van der Waals surface area contributed by atoms with E-state index in [1.54, 1.807) is 4.68 Å². The summed E-state index contributed by atoms with van der Waals surface area (Å²) in [4.78, 5) is 4.85. The van der Waals surface area contributed by atoms with Gasteiger partial charge in [-0.25, -0.2) is 4.68 Å². The van der Waals surface area contributed by atoms with E-state index in [1.165, 1.54) is 0 Å². The fourth-order valence-corrected chi connectivity index (χ4v) is 5.35. The summed E-state index contributed by atoms with van der Waals surface area (Å²) < 4.78 is 11.9. The van der Waals surface area contributed by atoms with Crippen LogP contribution in [0.5, 0.6) is 0 Å². The van der Waals surface area contributed by atoms with Crippen molar-refractivity contribution in [3.05, 3.63) is 23.7 Å². The summed E-state index contributed by atoms with van der Waals surface area (Å²) >= 11 is 0. The maximum Gasteiger partial charge on any atom is 0.134 e. The van der Waals surface area contributed by atoms with E-state index in [9.17, 15) is 5.11 Å². The minimum atomic E-state index is -1.16. The molecule has 0 amide bonds. The lowest BCUT2D eigenvalue weighted by atomic mass is 9.83. The Bertz CT molecular complexity index is 1290. The van der Waals surface area contributed by atoms with Crippen molar-refractivity contribution < 1.29 is 9.84 Å². The van der Waals surface area contributed by atoms with E-state index >= 15 is 0 Å². The van der Waals surface area contributed by atoms with Gasteiger partial charge in [-0.2, -0.15) is 5.10 Å². The number of ether oxygens (including phenoxy) is 1. The predicted octanol–water partition coefficient (Wildman–Crippen LogP) is 2.04. The fraction of sp³-hybridized carbons (Fsp3) is 0.524. The first-order chi connectivity index (χ1) is 14.4. The van der Waals surface area contributed by atoms with E-state index in [0.717, 1.165) is 58.4 Å². The van der Waals surface area contributed by atoms with Gasteiger partial charge in [-0.3, -0.25) is 9.67 Å². The Labute approximate surface area is 173 Å². The van der Waals surface area contributed by atoms with Crippen molar-refractivity contribution in [3.63, 3.8) is 0 Å². The highest BCUT2D eigenvalue weighted by molar-refractivity contribution is 6.05. The van der Waals surface area contributed by atoms with Crippen molar-refractivity contribution in [3.8, 4) is 11.3 Å². The van der Waals surface area contributed by atoms with Gasteiger partial charge in [0.05, 0.1) is 28.5 Å². The van der Waals surface area contributed by atoms with Crippen LogP contribution in [0.2, 0.25) is 0 Å². The fourth-order valence-electron chi connectivity index (χ4n) is 5.35. The van der Waals surface area contributed by atoms with Gasteiger partial charge in [0.15, 0.2) is 0 Å². The standard InChI is InChI=1S/C21H25N7O2/c1-11-17(27(4)25-23-11)13-8-14-16(22-9-13)18-19-20(24-26(18)3)21(2,29)15-7-12(5-6-30-15)10-28(14)19/h8-9,12,15,29H,5-7,10H2,1-4H3. The molecule has 1 fully saturated rings. The molecule has 156 valence electrons. The molecule has 0 aromatic carbocycles. The number of rotatable bonds is 1. The number of nitrogens with zero attached hydrogens (tertiary/aromatic N) is 7. The van der Waals surface area contributed by atoms with Gasteiger partial charge in [0, 0.05) is 39.0 Å². The van der Waals surface area contributed by atoms with Crippen molar-refractivity contribution in [2.75, 3.05) is 6.61 Å².